The van der Waals surface area contributed by atoms with Crippen molar-refractivity contribution < 1.29 is 18.4 Å². The third-order valence-corrected chi connectivity index (χ3v) is 3.32. The van der Waals surface area contributed by atoms with Gasteiger partial charge in [0.05, 0.1) is 6.26 Å². The van der Waals surface area contributed by atoms with E-state index in [9.17, 15) is 14.0 Å². The number of nitrogens with two attached hydrogens (primary N) is 1. The summed E-state index contributed by atoms with van der Waals surface area (Å²) >= 11 is 0. The number of carbonyl (C=O) groups excluding carboxylic acids is 2. The van der Waals surface area contributed by atoms with Crippen LogP contribution in [0.25, 0.3) is 0 Å². The summed E-state index contributed by atoms with van der Waals surface area (Å²) in [6.07, 6.45) is 2.53. The van der Waals surface area contributed by atoms with E-state index in [1.807, 2.05) is 0 Å². The van der Waals surface area contributed by atoms with E-state index in [0.717, 1.165) is 12.1 Å². The van der Waals surface area contributed by atoms with E-state index in [-0.39, 0.29) is 28.6 Å². The Balaban J connectivity index is 1.61. The quantitative estimate of drug-likeness (QED) is 0.407. The molecule has 0 radical (unpaired) electrons. The summed E-state index contributed by atoms with van der Waals surface area (Å²) < 4.78 is 17.8. The third kappa shape index (κ3) is 4.28. The molecule has 3 rings (SSSR count). The lowest BCUT2D eigenvalue weighted by atomic mass is 10.2. The number of aromatic nitrogens is 2. The highest BCUT2D eigenvalue weighted by Gasteiger charge is 2.12. The number of nitrogen functional groups attached to an aromatic ring is 1. The Morgan fingerprint density at radius 2 is 1.59 bits per heavy atom. The molecule has 27 heavy (non-hydrogen) atoms. The van der Waals surface area contributed by atoms with Gasteiger partial charge in [0.25, 0.3) is 5.91 Å². The van der Waals surface area contributed by atoms with E-state index in [4.69, 9.17) is 10.2 Å². The predicted molar refractivity (Wildman–Crippen MR) is 93.7 cm³/mol. The van der Waals surface area contributed by atoms with Crippen LogP contribution in [0.15, 0.2) is 53.4 Å². The SMILES string of the molecule is Nc1c(NNC(=O)c2ccc(F)cc2)ncnc1NNC(=O)c1ccco1. The van der Waals surface area contributed by atoms with Crippen LogP contribution in [0.4, 0.5) is 21.7 Å². The summed E-state index contributed by atoms with van der Waals surface area (Å²) in [5.74, 6) is -1.21. The number of carbonyl (C=O) groups is 2. The van der Waals surface area contributed by atoms with Crippen LogP contribution in [-0.4, -0.2) is 21.8 Å². The number of halogens is 1. The fourth-order valence-corrected chi connectivity index (χ4v) is 1.97. The maximum atomic E-state index is 12.9. The first kappa shape index (κ1) is 17.7. The van der Waals surface area contributed by atoms with Crippen molar-refractivity contribution in [3.05, 3.63) is 66.1 Å². The Bertz CT molecular complexity index is 945. The summed E-state index contributed by atoms with van der Waals surface area (Å²) in [5.41, 5.74) is 16.0. The molecule has 3 aromatic rings. The van der Waals surface area contributed by atoms with Crippen LogP contribution >= 0.6 is 0 Å². The van der Waals surface area contributed by atoms with Gasteiger partial charge in [0.2, 0.25) is 0 Å². The van der Waals surface area contributed by atoms with Gasteiger partial charge < -0.3 is 10.2 Å². The van der Waals surface area contributed by atoms with Crippen molar-refractivity contribution in [1.29, 1.82) is 0 Å². The van der Waals surface area contributed by atoms with Gasteiger partial charge >= 0.3 is 5.91 Å². The molecular weight excluding hydrogens is 357 g/mol. The van der Waals surface area contributed by atoms with Gasteiger partial charge in [0, 0.05) is 5.56 Å². The standard InChI is InChI=1S/C16H14FN7O3/c17-10-5-3-9(4-6-10)15(25)23-21-13-12(18)14(20-8-19-13)22-24-16(26)11-2-1-7-27-11/h1-8H,18H2,(H,23,25)(H,24,26)(H2,19,20,21,22). The lowest BCUT2D eigenvalue weighted by Crippen LogP contribution is -2.32. The van der Waals surface area contributed by atoms with Crippen molar-refractivity contribution in [3.8, 4) is 0 Å². The number of hydrogen-bond donors (Lipinski definition) is 5. The van der Waals surface area contributed by atoms with Crippen molar-refractivity contribution in [2.75, 3.05) is 16.6 Å². The molecule has 0 saturated heterocycles. The van der Waals surface area contributed by atoms with Crippen LogP contribution < -0.4 is 27.4 Å². The van der Waals surface area contributed by atoms with Crippen LogP contribution in [0.5, 0.6) is 0 Å². The minimum absolute atomic E-state index is 0.0386. The molecule has 138 valence electrons. The average Bonchev–Trinajstić information content (AvgIpc) is 3.21. The van der Waals surface area contributed by atoms with Crippen molar-refractivity contribution in [2.24, 2.45) is 0 Å². The van der Waals surface area contributed by atoms with Gasteiger partial charge in [-0.1, -0.05) is 0 Å². The average molecular weight is 371 g/mol. The zero-order valence-electron chi connectivity index (χ0n) is 13.7. The van der Waals surface area contributed by atoms with E-state index in [2.05, 4.69) is 31.7 Å². The minimum atomic E-state index is -0.530. The second-order valence-corrected chi connectivity index (χ2v) is 5.13. The van der Waals surface area contributed by atoms with Gasteiger partial charge in [-0.3, -0.25) is 31.3 Å². The normalized spacial score (nSPS) is 10.1. The molecule has 2 amide bonds. The highest BCUT2D eigenvalue weighted by Crippen LogP contribution is 2.21. The van der Waals surface area contributed by atoms with Crippen LogP contribution in [0, 0.1) is 5.82 Å². The number of hydrazine groups is 2. The molecule has 0 bridgehead atoms. The molecule has 6 N–H and O–H groups in total. The van der Waals surface area contributed by atoms with Crippen LogP contribution in [-0.2, 0) is 0 Å². The third-order valence-electron chi connectivity index (χ3n) is 3.32. The Morgan fingerprint density at radius 1 is 0.963 bits per heavy atom. The van der Waals surface area contributed by atoms with Gasteiger partial charge in [0.1, 0.15) is 17.8 Å². The van der Waals surface area contributed by atoms with Crippen LogP contribution in [0.2, 0.25) is 0 Å². The first-order valence-electron chi connectivity index (χ1n) is 7.57. The Morgan fingerprint density at radius 3 is 2.19 bits per heavy atom. The van der Waals surface area contributed by atoms with Crippen molar-refractivity contribution >= 4 is 29.1 Å². The Labute approximate surface area is 151 Å². The summed E-state index contributed by atoms with van der Waals surface area (Å²) in [6, 6.07) is 8.03. The molecule has 2 aromatic heterocycles. The second kappa shape index (κ2) is 7.82. The number of furan rings is 1. The lowest BCUT2D eigenvalue weighted by molar-refractivity contribution is 0.0933. The summed E-state index contributed by atoms with van der Waals surface area (Å²) in [5, 5.41) is 0. The summed E-state index contributed by atoms with van der Waals surface area (Å²) in [7, 11) is 0. The monoisotopic (exact) mass is 371 g/mol. The van der Waals surface area contributed by atoms with Crippen molar-refractivity contribution in [1.82, 2.24) is 20.8 Å². The molecular formula is C16H14FN7O3. The maximum Gasteiger partial charge on any atom is 0.305 e. The predicted octanol–water partition coefficient (Wildman–Crippen LogP) is 1.30. The molecule has 0 unspecified atom stereocenters. The minimum Gasteiger partial charge on any atom is -0.459 e. The topological polar surface area (TPSA) is 147 Å². The first-order chi connectivity index (χ1) is 13.0. The Hall–Kier alpha value is -4.15. The van der Waals surface area contributed by atoms with Gasteiger partial charge in [0.15, 0.2) is 17.4 Å². The molecule has 0 fully saturated rings. The molecule has 0 saturated carbocycles. The van der Waals surface area contributed by atoms with Crippen molar-refractivity contribution in [3.63, 3.8) is 0 Å². The number of anilines is 3. The van der Waals surface area contributed by atoms with E-state index < -0.39 is 17.6 Å². The zero-order valence-corrected chi connectivity index (χ0v) is 13.7. The number of nitrogens with one attached hydrogen (secondary N) is 4. The molecule has 11 heteroatoms. The maximum absolute atomic E-state index is 12.9. The smallest absolute Gasteiger partial charge is 0.305 e. The number of hydrogen-bond acceptors (Lipinski definition) is 8. The van der Waals surface area contributed by atoms with E-state index in [0.29, 0.717) is 0 Å². The summed E-state index contributed by atoms with van der Waals surface area (Å²) in [4.78, 5) is 31.6. The highest BCUT2D eigenvalue weighted by molar-refractivity contribution is 5.95. The molecule has 0 aliphatic heterocycles. The molecule has 1 aromatic carbocycles. The van der Waals surface area contributed by atoms with Gasteiger partial charge in [-0.05, 0) is 36.4 Å². The van der Waals surface area contributed by atoms with Crippen LogP contribution in [0.3, 0.4) is 0 Å². The largest absolute Gasteiger partial charge is 0.459 e. The molecule has 0 spiro atoms. The summed E-state index contributed by atoms with van der Waals surface area (Å²) in [6.45, 7) is 0. The lowest BCUT2D eigenvalue weighted by Gasteiger charge is -2.13. The second-order valence-electron chi connectivity index (χ2n) is 5.13. The van der Waals surface area contributed by atoms with E-state index in [1.54, 1.807) is 6.07 Å². The zero-order chi connectivity index (χ0) is 19.2. The van der Waals surface area contributed by atoms with Crippen LogP contribution in [0.1, 0.15) is 20.9 Å². The molecule has 10 nitrogen and oxygen atoms in total. The number of rotatable bonds is 6. The Kier molecular flexibility index (Phi) is 5.12. The molecule has 0 aliphatic carbocycles. The molecule has 2 heterocycles. The molecule has 0 aliphatic rings. The number of amides is 2. The fraction of sp³-hybridized carbons (Fsp3) is 0. The van der Waals surface area contributed by atoms with E-state index >= 15 is 0 Å². The van der Waals surface area contributed by atoms with Gasteiger partial charge in [-0.25, -0.2) is 14.4 Å². The fourth-order valence-electron chi connectivity index (χ4n) is 1.97. The number of nitrogens with zero attached hydrogens (tertiary/aromatic N) is 2. The first-order valence-corrected chi connectivity index (χ1v) is 7.57. The van der Waals surface area contributed by atoms with E-state index in [1.165, 1.54) is 30.8 Å². The number of benzene rings is 1. The van der Waals surface area contributed by atoms with Crippen molar-refractivity contribution in [2.45, 2.75) is 0 Å². The highest BCUT2D eigenvalue weighted by atomic mass is 19.1. The molecule has 0 atom stereocenters. The van der Waals surface area contributed by atoms with Gasteiger partial charge in [-0.2, -0.15) is 0 Å². The van der Waals surface area contributed by atoms with Gasteiger partial charge in [-0.15, -0.1) is 0 Å².